The molecule has 6 heteroatoms. The van der Waals surface area contributed by atoms with Gasteiger partial charge < -0.3 is 15.0 Å². The summed E-state index contributed by atoms with van der Waals surface area (Å²) >= 11 is 6.02. The number of amides is 2. The number of likely N-dealkylation sites (N-methyl/N-ethyl adjacent to an activating group) is 1. The number of methoxy groups -OCH3 is 1. The van der Waals surface area contributed by atoms with Crippen LogP contribution in [0.25, 0.3) is 0 Å². The quantitative estimate of drug-likeness (QED) is 0.860. The van der Waals surface area contributed by atoms with Crippen LogP contribution in [0.3, 0.4) is 0 Å². The van der Waals surface area contributed by atoms with Crippen LogP contribution in [0.4, 0.5) is 11.4 Å². The van der Waals surface area contributed by atoms with E-state index in [0.29, 0.717) is 28.7 Å². The van der Waals surface area contributed by atoms with Crippen LogP contribution in [0.15, 0.2) is 42.5 Å². The molecular formula is C18H19ClN2O3. The zero-order chi connectivity index (χ0) is 17.7. The van der Waals surface area contributed by atoms with Crippen LogP contribution in [-0.4, -0.2) is 25.5 Å². The van der Waals surface area contributed by atoms with Gasteiger partial charge in [0.15, 0.2) is 0 Å². The Morgan fingerprint density at radius 1 is 1.21 bits per heavy atom. The third-order valence-electron chi connectivity index (χ3n) is 3.48. The van der Waals surface area contributed by atoms with Crippen molar-refractivity contribution in [1.82, 2.24) is 0 Å². The van der Waals surface area contributed by atoms with Gasteiger partial charge in [0, 0.05) is 17.9 Å². The van der Waals surface area contributed by atoms with Gasteiger partial charge >= 0.3 is 11.8 Å². The third kappa shape index (κ3) is 4.06. The Morgan fingerprint density at radius 2 is 1.96 bits per heavy atom. The highest BCUT2D eigenvalue weighted by molar-refractivity contribution is 6.44. The van der Waals surface area contributed by atoms with E-state index in [9.17, 15) is 9.59 Å². The van der Waals surface area contributed by atoms with Crippen LogP contribution in [-0.2, 0) is 9.59 Å². The second-order valence-electron chi connectivity index (χ2n) is 5.19. The molecule has 1 N–H and O–H groups in total. The smallest absolute Gasteiger partial charge is 0.316 e. The molecule has 2 aromatic carbocycles. The standard InChI is InChI=1S/C18H19ClN2O3/c1-4-21(14-7-5-6-12(2)10-14)18(23)17(22)20-13-8-9-16(24-3)15(19)11-13/h5-11H,4H2,1-3H3,(H,20,22). The van der Waals surface area contributed by atoms with E-state index in [1.165, 1.54) is 18.1 Å². The van der Waals surface area contributed by atoms with E-state index in [4.69, 9.17) is 16.3 Å². The molecule has 2 rings (SSSR count). The van der Waals surface area contributed by atoms with E-state index in [-0.39, 0.29) is 0 Å². The lowest BCUT2D eigenvalue weighted by Crippen LogP contribution is -2.39. The Labute approximate surface area is 146 Å². The summed E-state index contributed by atoms with van der Waals surface area (Å²) < 4.78 is 5.06. The first-order valence-electron chi connectivity index (χ1n) is 7.49. The SMILES string of the molecule is CCN(C(=O)C(=O)Nc1ccc(OC)c(Cl)c1)c1cccc(C)c1. The molecule has 5 nitrogen and oxygen atoms in total. The van der Waals surface area contributed by atoms with Gasteiger partial charge in [-0.2, -0.15) is 0 Å². The fourth-order valence-electron chi connectivity index (χ4n) is 2.29. The molecule has 0 radical (unpaired) electrons. The minimum absolute atomic E-state index is 0.355. The van der Waals surface area contributed by atoms with Crippen molar-refractivity contribution in [1.29, 1.82) is 0 Å². The second-order valence-corrected chi connectivity index (χ2v) is 5.60. The maximum atomic E-state index is 12.5. The molecule has 0 saturated carbocycles. The van der Waals surface area contributed by atoms with Crippen molar-refractivity contribution in [3.63, 3.8) is 0 Å². The van der Waals surface area contributed by atoms with E-state index in [1.54, 1.807) is 18.2 Å². The fraction of sp³-hybridized carbons (Fsp3) is 0.222. The van der Waals surface area contributed by atoms with E-state index < -0.39 is 11.8 Å². The average molecular weight is 347 g/mol. The van der Waals surface area contributed by atoms with E-state index in [0.717, 1.165) is 5.56 Å². The number of carbonyl (C=O) groups is 2. The summed E-state index contributed by atoms with van der Waals surface area (Å²) in [6, 6.07) is 12.2. The van der Waals surface area contributed by atoms with Crippen molar-refractivity contribution >= 4 is 34.8 Å². The molecule has 0 aromatic heterocycles. The number of halogens is 1. The van der Waals surface area contributed by atoms with Gasteiger partial charge in [-0.15, -0.1) is 0 Å². The molecule has 0 bridgehead atoms. The van der Waals surface area contributed by atoms with E-state index >= 15 is 0 Å². The maximum Gasteiger partial charge on any atom is 0.316 e. The molecule has 126 valence electrons. The Bertz CT molecular complexity index is 762. The highest BCUT2D eigenvalue weighted by atomic mass is 35.5. The van der Waals surface area contributed by atoms with Crippen molar-refractivity contribution in [2.24, 2.45) is 0 Å². The predicted octanol–water partition coefficient (Wildman–Crippen LogP) is 3.65. The third-order valence-corrected chi connectivity index (χ3v) is 3.77. The minimum atomic E-state index is -0.723. The van der Waals surface area contributed by atoms with Crippen LogP contribution in [0, 0.1) is 6.92 Å². The van der Waals surface area contributed by atoms with Crippen molar-refractivity contribution in [3.05, 3.63) is 53.1 Å². The predicted molar refractivity (Wildman–Crippen MR) is 95.8 cm³/mol. The zero-order valence-electron chi connectivity index (χ0n) is 13.8. The first-order chi connectivity index (χ1) is 11.5. The monoisotopic (exact) mass is 346 g/mol. The first kappa shape index (κ1) is 17.8. The van der Waals surface area contributed by atoms with Crippen LogP contribution in [0.1, 0.15) is 12.5 Å². The van der Waals surface area contributed by atoms with E-state index in [2.05, 4.69) is 5.32 Å². The summed E-state index contributed by atoms with van der Waals surface area (Å²) in [4.78, 5) is 26.1. The summed E-state index contributed by atoms with van der Waals surface area (Å²) in [5, 5.41) is 2.92. The van der Waals surface area contributed by atoms with Crippen LogP contribution in [0.5, 0.6) is 5.75 Å². The Balaban J connectivity index is 2.16. The minimum Gasteiger partial charge on any atom is -0.495 e. The summed E-state index contributed by atoms with van der Waals surface area (Å²) in [6.07, 6.45) is 0. The van der Waals surface area contributed by atoms with Crippen molar-refractivity contribution in [2.75, 3.05) is 23.9 Å². The maximum absolute atomic E-state index is 12.5. The van der Waals surface area contributed by atoms with Gasteiger partial charge in [0.1, 0.15) is 5.75 Å². The molecule has 2 aromatic rings. The largest absolute Gasteiger partial charge is 0.495 e. The van der Waals surface area contributed by atoms with Crippen molar-refractivity contribution < 1.29 is 14.3 Å². The first-order valence-corrected chi connectivity index (χ1v) is 7.87. The topological polar surface area (TPSA) is 58.6 Å². The van der Waals surface area contributed by atoms with Gasteiger partial charge in [-0.1, -0.05) is 23.7 Å². The highest BCUT2D eigenvalue weighted by Gasteiger charge is 2.22. The fourth-order valence-corrected chi connectivity index (χ4v) is 2.55. The molecular weight excluding hydrogens is 328 g/mol. The number of hydrogen-bond donors (Lipinski definition) is 1. The van der Waals surface area contributed by atoms with Gasteiger partial charge in [-0.3, -0.25) is 9.59 Å². The number of nitrogens with zero attached hydrogens (tertiary/aromatic N) is 1. The lowest BCUT2D eigenvalue weighted by atomic mass is 10.2. The van der Waals surface area contributed by atoms with E-state index in [1.807, 2.05) is 32.0 Å². The van der Waals surface area contributed by atoms with Crippen LogP contribution in [0.2, 0.25) is 5.02 Å². The molecule has 0 saturated heterocycles. The molecule has 0 aliphatic heterocycles. The average Bonchev–Trinajstić information content (AvgIpc) is 2.55. The van der Waals surface area contributed by atoms with Gasteiger partial charge in [-0.25, -0.2) is 0 Å². The normalized spacial score (nSPS) is 10.2. The number of benzene rings is 2. The Kier molecular flexibility index (Phi) is 5.82. The van der Waals surface area contributed by atoms with Gasteiger partial charge in [0.2, 0.25) is 0 Å². The number of nitrogens with one attached hydrogen (secondary N) is 1. The Morgan fingerprint density at radius 3 is 2.54 bits per heavy atom. The molecule has 0 fully saturated rings. The number of hydrogen-bond acceptors (Lipinski definition) is 3. The summed E-state index contributed by atoms with van der Waals surface area (Å²) in [7, 11) is 1.50. The van der Waals surface area contributed by atoms with Gasteiger partial charge in [-0.05, 0) is 49.7 Å². The Hall–Kier alpha value is -2.53. The molecule has 2 amide bonds. The molecule has 0 unspecified atom stereocenters. The van der Waals surface area contributed by atoms with Gasteiger partial charge in [0.25, 0.3) is 0 Å². The van der Waals surface area contributed by atoms with Crippen molar-refractivity contribution in [2.45, 2.75) is 13.8 Å². The summed E-state index contributed by atoms with van der Waals surface area (Å²) in [6.45, 7) is 4.14. The second kappa shape index (κ2) is 7.84. The number of anilines is 2. The number of ether oxygens (including phenoxy) is 1. The molecule has 0 heterocycles. The number of aryl methyl sites for hydroxylation is 1. The molecule has 0 aliphatic carbocycles. The molecule has 0 aliphatic rings. The van der Waals surface area contributed by atoms with Gasteiger partial charge in [0.05, 0.1) is 12.1 Å². The summed E-state index contributed by atoms with van der Waals surface area (Å²) in [5.41, 5.74) is 2.13. The summed E-state index contributed by atoms with van der Waals surface area (Å²) in [5.74, 6) is -0.856. The number of rotatable bonds is 4. The molecule has 0 spiro atoms. The lowest BCUT2D eigenvalue weighted by molar-refractivity contribution is -0.134. The van der Waals surface area contributed by atoms with Crippen LogP contribution >= 0.6 is 11.6 Å². The number of carbonyl (C=O) groups excluding carboxylic acids is 2. The molecule has 24 heavy (non-hydrogen) atoms. The highest BCUT2D eigenvalue weighted by Crippen LogP contribution is 2.27. The molecule has 0 atom stereocenters. The zero-order valence-corrected chi connectivity index (χ0v) is 14.6. The van der Waals surface area contributed by atoms with Crippen LogP contribution < -0.4 is 15.0 Å². The lowest BCUT2D eigenvalue weighted by Gasteiger charge is -2.21. The van der Waals surface area contributed by atoms with Crippen molar-refractivity contribution in [3.8, 4) is 5.75 Å².